The Morgan fingerprint density at radius 3 is 0.429 bits per heavy atom. The number of carboxylic acids is 6. The van der Waals surface area contributed by atoms with Gasteiger partial charge in [-0.3, -0.25) is 9.59 Å². The maximum Gasteiger partial charge on any atom is 1.00 e. The first-order valence-corrected chi connectivity index (χ1v) is 5.49. The van der Waals surface area contributed by atoms with E-state index in [0.717, 1.165) is 41.5 Å². The van der Waals surface area contributed by atoms with Crippen molar-refractivity contribution in [1.29, 1.82) is 0 Å². The number of rotatable bonds is 0. The molecule has 16 heteroatoms. The molecule has 0 spiro atoms. The summed E-state index contributed by atoms with van der Waals surface area (Å²) in [5.41, 5.74) is 0. The van der Waals surface area contributed by atoms with Gasteiger partial charge in [-0.25, -0.2) is 0 Å². The zero-order valence-electron chi connectivity index (χ0n) is 18.0. The van der Waals surface area contributed by atoms with Gasteiger partial charge in [0.1, 0.15) is 0 Å². The van der Waals surface area contributed by atoms with E-state index < -0.39 is 35.8 Å². The fourth-order valence-electron chi connectivity index (χ4n) is 0. The Hall–Kier alpha value is 0.820. The summed E-state index contributed by atoms with van der Waals surface area (Å²) in [7, 11) is 0. The van der Waals surface area contributed by atoms with E-state index in [1.54, 1.807) is 0 Å². The molecule has 2 N–H and O–H groups in total. The Kier molecular flexibility index (Phi) is 127. The number of hydrogen-bond donors (Lipinski definition) is 2. The summed E-state index contributed by atoms with van der Waals surface area (Å²) in [6.45, 7) is 6.06. The monoisotopic (exact) mass is 448 g/mol. The maximum absolute atomic E-state index is 9.00. The van der Waals surface area contributed by atoms with Gasteiger partial charge < -0.3 is 49.8 Å². The average Bonchev–Trinajstić information content (AvgIpc) is 2.08. The summed E-state index contributed by atoms with van der Waals surface area (Å²) in [4.78, 5) is 53.6. The number of hydrogen-bond acceptors (Lipinski definition) is 10. The first kappa shape index (κ1) is 63.0. The van der Waals surface area contributed by atoms with E-state index in [0.29, 0.717) is 0 Å². The molecular weight excluding hydrogens is 428 g/mol. The van der Waals surface area contributed by atoms with Crippen LogP contribution >= 0.6 is 0 Å². The predicted molar refractivity (Wildman–Crippen MR) is 69.3 cm³/mol. The molecule has 0 unspecified atom stereocenters. The van der Waals surface area contributed by atoms with Crippen LogP contribution in [0.5, 0.6) is 0 Å². The first-order chi connectivity index (χ1) is 10.4. The van der Waals surface area contributed by atoms with Gasteiger partial charge in [-0.1, -0.05) is 0 Å². The fourth-order valence-corrected chi connectivity index (χ4v) is 0. The molecule has 0 fully saturated rings. The predicted octanol–water partition coefficient (Wildman–Crippen LogP) is -16.8. The van der Waals surface area contributed by atoms with Crippen molar-refractivity contribution >= 4 is 35.8 Å². The minimum Gasteiger partial charge on any atom is -0.550 e. The molecule has 0 aromatic carbocycles. The van der Waals surface area contributed by atoms with Crippen LogP contribution in [0.25, 0.3) is 0 Å². The van der Waals surface area contributed by atoms with Gasteiger partial charge in [0, 0.05) is 37.7 Å². The van der Waals surface area contributed by atoms with Crippen molar-refractivity contribution in [2.45, 2.75) is 41.5 Å². The minimum absolute atomic E-state index is 0. The summed E-state index contributed by atoms with van der Waals surface area (Å²) in [6, 6.07) is 0. The Labute approximate surface area is 251 Å². The van der Waals surface area contributed by atoms with E-state index in [1.165, 1.54) is 0 Å². The van der Waals surface area contributed by atoms with E-state index in [2.05, 4.69) is 0 Å². The summed E-state index contributed by atoms with van der Waals surface area (Å²) in [5, 5.41) is 50.4. The Bertz CT molecular complexity index is 272. The largest absolute Gasteiger partial charge is 1.00 e. The topological polar surface area (TPSA) is 235 Å². The van der Waals surface area contributed by atoms with Crippen LogP contribution in [0.4, 0.5) is 0 Å². The van der Waals surface area contributed by atoms with Crippen LogP contribution in [-0.4, -0.2) is 46.0 Å². The molecule has 0 rings (SSSR count). The second-order valence-corrected chi connectivity index (χ2v) is 3.00. The van der Waals surface area contributed by atoms with E-state index in [4.69, 9.17) is 59.4 Å². The molecule has 0 aromatic heterocycles. The molecule has 0 saturated heterocycles. The molecule has 12 nitrogen and oxygen atoms in total. The molecule has 0 amide bonds. The molecule has 0 radical (unpaired) electrons. The molecule has 0 aliphatic rings. The van der Waals surface area contributed by atoms with Crippen molar-refractivity contribution in [3.8, 4) is 0 Å². The standard InChI is InChI=1S/6C2H4O2.4Na/c6*1-2(3)4;;;;/h6*1H3,(H,3,4);;;;/q;;;;;;4*+1/p-4. The molecule has 0 bridgehead atoms. The maximum atomic E-state index is 9.00. The van der Waals surface area contributed by atoms with Gasteiger partial charge in [-0.05, 0) is 27.7 Å². The molecule has 0 atom stereocenters. The number of carbonyl (C=O) groups excluding carboxylic acids is 4. The van der Waals surface area contributed by atoms with Crippen LogP contribution in [0.2, 0.25) is 0 Å². The van der Waals surface area contributed by atoms with Crippen molar-refractivity contribution in [3.63, 3.8) is 0 Å². The number of carbonyl (C=O) groups is 6. The third-order valence-corrected chi connectivity index (χ3v) is 0. The van der Waals surface area contributed by atoms with Crippen LogP contribution < -0.4 is 139 Å². The Morgan fingerprint density at radius 2 is 0.429 bits per heavy atom. The third kappa shape index (κ3) is 26600. The van der Waals surface area contributed by atoms with Crippen molar-refractivity contribution in [2.24, 2.45) is 0 Å². The summed E-state index contributed by atoms with van der Waals surface area (Å²) in [5.74, 6) is -6.00. The third-order valence-electron chi connectivity index (χ3n) is 0. The van der Waals surface area contributed by atoms with Gasteiger partial charge in [0.25, 0.3) is 11.9 Å². The summed E-state index contributed by atoms with van der Waals surface area (Å²) in [6.07, 6.45) is 0. The van der Waals surface area contributed by atoms with Gasteiger partial charge in [-0.15, -0.1) is 0 Å². The molecule has 0 saturated carbocycles. The van der Waals surface area contributed by atoms with Gasteiger partial charge in [0.15, 0.2) is 0 Å². The SMILES string of the molecule is CC(=O)O.CC(=O)O.CC(=O)[O-].CC(=O)[O-].CC(=O)[O-].CC(=O)[O-].[Na+].[Na+].[Na+].[Na+]. The van der Waals surface area contributed by atoms with Crippen molar-refractivity contribution in [3.05, 3.63) is 0 Å². The molecule has 0 aliphatic heterocycles. The normalized spacial score (nSPS) is 5.36. The molecule has 0 heterocycles. The molecule has 0 aliphatic carbocycles. The van der Waals surface area contributed by atoms with Crippen molar-refractivity contribution < 1.29 is 178 Å². The van der Waals surface area contributed by atoms with Crippen LogP contribution in [0.1, 0.15) is 41.5 Å². The van der Waals surface area contributed by atoms with E-state index >= 15 is 0 Å². The smallest absolute Gasteiger partial charge is 0.550 e. The number of aliphatic carboxylic acids is 6. The van der Waals surface area contributed by atoms with E-state index in [1.807, 2.05) is 0 Å². The van der Waals surface area contributed by atoms with Crippen molar-refractivity contribution in [1.82, 2.24) is 0 Å². The molecular formula is C12H20Na4O12. The molecule has 0 aromatic rings. The second-order valence-electron chi connectivity index (χ2n) is 3.00. The van der Waals surface area contributed by atoms with Crippen LogP contribution in [0.15, 0.2) is 0 Å². The van der Waals surface area contributed by atoms with Gasteiger partial charge in [-0.2, -0.15) is 0 Å². The summed E-state index contributed by atoms with van der Waals surface area (Å²) < 4.78 is 0. The van der Waals surface area contributed by atoms with Gasteiger partial charge in [0.2, 0.25) is 0 Å². The molecule has 144 valence electrons. The second kappa shape index (κ2) is 56.5. The Morgan fingerprint density at radius 1 is 0.429 bits per heavy atom. The van der Waals surface area contributed by atoms with Crippen LogP contribution in [0, 0.1) is 0 Å². The van der Waals surface area contributed by atoms with Crippen LogP contribution in [0.3, 0.4) is 0 Å². The zero-order chi connectivity index (χ0) is 21.5. The van der Waals surface area contributed by atoms with E-state index in [-0.39, 0.29) is 118 Å². The molecule has 28 heavy (non-hydrogen) atoms. The average molecular weight is 448 g/mol. The number of carboxylic acid groups (broad SMARTS) is 6. The minimum atomic E-state index is -1.08. The van der Waals surface area contributed by atoms with Crippen LogP contribution in [-0.2, 0) is 28.8 Å². The van der Waals surface area contributed by atoms with Gasteiger partial charge >= 0.3 is 118 Å². The van der Waals surface area contributed by atoms with Gasteiger partial charge in [0.05, 0.1) is 0 Å². The summed E-state index contributed by atoms with van der Waals surface area (Å²) >= 11 is 0. The zero-order valence-corrected chi connectivity index (χ0v) is 26.0. The van der Waals surface area contributed by atoms with E-state index in [9.17, 15) is 0 Å². The van der Waals surface area contributed by atoms with Crippen molar-refractivity contribution in [2.75, 3.05) is 0 Å². The first-order valence-electron chi connectivity index (χ1n) is 5.49. The Balaban J connectivity index is -0.0000000169. The quantitative estimate of drug-likeness (QED) is 0.329. The fraction of sp³-hybridized carbons (Fsp3) is 0.500.